The van der Waals surface area contributed by atoms with Crippen molar-refractivity contribution < 1.29 is 4.79 Å². The molecule has 0 atom stereocenters. The third kappa shape index (κ3) is 3.74. The Morgan fingerprint density at radius 3 is 2.21 bits per heavy atom. The summed E-state index contributed by atoms with van der Waals surface area (Å²) in [5, 5.41) is 4.41. The number of aryl methyl sites for hydroxylation is 3. The molecule has 1 aromatic carbocycles. The second kappa shape index (κ2) is 7.42. The van der Waals surface area contributed by atoms with Crippen molar-refractivity contribution in [1.29, 1.82) is 0 Å². The second-order valence-corrected chi connectivity index (χ2v) is 7.29. The molecular weight excluding hydrogens is 352 g/mol. The fraction of sp³-hybridized carbons (Fsp3) is 0.333. The molecule has 2 aromatic heterocycles. The van der Waals surface area contributed by atoms with E-state index >= 15 is 0 Å². The van der Waals surface area contributed by atoms with Gasteiger partial charge in [-0.2, -0.15) is 5.10 Å². The van der Waals surface area contributed by atoms with E-state index in [9.17, 15) is 4.79 Å². The fourth-order valence-electron chi connectivity index (χ4n) is 3.60. The molecule has 0 unspecified atom stereocenters. The molecule has 28 heavy (non-hydrogen) atoms. The highest BCUT2D eigenvalue weighted by molar-refractivity contribution is 5.94. The van der Waals surface area contributed by atoms with Gasteiger partial charge in [-0.15, -0.1) is 0 Å². The first kappa shape index (κ1) is 18.2. The van der Waals surface area contributed by atoms with Crippen LogP contribution in [0.25, 0.3) is 5.82 Å². The molecule has 4 rings (SSSR count). The van der Waals surface area contributed by atoms with Crippen LogP contribution in [0.5, 0.6) is 0 Å². The van der Waals surface area contributed by atoms with Crippen LogP contribution in [0.15, 0.2) is 42.9 Å². The standard InChI is InChI=1S/C21H24N6O/c1-15-10-16(2)12-18(11-15)21(28)26-8-6-25(7-9-26)19-13-20(23-14-22-19)27-5-4-17(3)24-27/h4-5,10-14H,6-9H2,1-3H3. The lowest BCUT2D eigenvalue weighted by Gasteiger charge is -2.35. The Kier molecular flexibility index (Phi) is 4.81. The third-order valence-corrected chi connectivity index (χ3v) is 4.95. The molecule has 0 radical (unpaired) electrons. The van der Waals surface area contributed by atoms with Crippen LogP contribution in [-0.2, 0) is 0 Å². The highest BCUT2D eigenvalue weighted by Crippen LogP contribution is 2.18. The van der Waals surface area contributed by atoms with Gasteiger partial charge in [-0.3, -0.25) is 4.79 Å². The Morgan fingerprint density at radius 2 is 1.57 bits per heavy atom. The maximum atomic E-state index is 12.9. The summed E-state index contributed by atoms with van der Waals surface area (Å²) >= 11 is 0. The number of piperazine rings is 1. The van der Waals surface area contributed by atoms with Gasteiger partial charge in [0.05, 0.1) is 5.69 Å². The molecule has 0 saturated carbocycles. The monoisotopic (exact) mass is 376 g/mol. The Hall–Kier alpha value is -3.22. The maximum absolute atomic E-state index is 12.9. The zero-order valence-electron chi connectivity index (χ0n) is 16.5. The molecule has 7 nitrogen and oxygen atoms in total. The quantitative estimate of drug-likeness (QED) is 0.703. The highest BCUT2D eigenvalue weighted by Gasteiger charge is 2.23. The number of rotatable bonds is 3. The van der Waals surface area contributed by atoms with E-state index in [2.05, 4.69) is 26.0 Å². The average Bonchev–Trinajstić information content (AvgIpc) is 3.13. The molecule has 3 aromatic rings. The summed E-state index contributed by atoms with van der Waals surface area (Å²) in [6.07, 6.45) is 3.45. The van der Waals surface area contributed by atoms with Crippen LogP contribution in [0.3, 0.4) is 0 Å². The van der Waals surface area contributed by atoms with Crippen LogP contribution in [-0.4, -0.2) is 56.7 Å². The number of hydrogen-bond acceptors (Lipinski definition) is 5. The topological polar surface area (TPSA) is 67.2 Å². The van der Waals surface area contributed by atoms with Gasteiger partial charge >= 0.3 is 0 Å². The Labute approximate surface area is 164 Å². The van der Waals surface area contributed by atoms with E-state index < -0.39 is 0 Å². The maximum Gasteiger partial charge on any atom is 0.253 e. The number of hydrogen-bond donors (Lipinski definition) is 0. The number of aromatic nitrogens is 4. The summed E-state index contributed by atoms with van der Waals surface area (Å²) in [5.74, 6) is 1.70. The lowest BCUT2D eigenvalue weighted by molar-refractivity contribution is 0.0746. The van der Waals surface area contributed by atoms with Crippen molar-refractivity contribution in [2.75, 3.05) is 31.1 Å². The van der Waals surface area contributed by atoms with E-state index in [1.807, 2.05) is 56.1 Å². The van der Waals surface area contributed by atoms with Gasteiger partial charge in [0.25, 0.3) is 5.91 Å². The molecule has 7 heteroatoms. The smallest absolute Gasteiger partial charge is 0.253 e. The Bertz CT molecular complexity index is 983. The molecule has 144 valence electrons. The minimum atomic E-state index is 0.0989. The summed E-state index contributed by atoms with van der Waals surface area (Å²) in [6.45, 7) is 8.82. The van der Waals surface area contributed by atoms with Gasteiger partial charge < -0.3 is 9.80 Å². The molecular formula is C21H24N6O. The van der Waals surface area contributed by atoms with Gasteiger partial charge in [0.2, 0.25) is 0 Å². The van der Waals surface area contributed by atoms with E-state index in [0.29, 0.717) is 13.1 Å². The highest BCUT2D eigenvalue weighted by atomic mass is 16.2. The predicted octanol–water partition coefficient (Wildman–Crippen LogP) is 2.55. The van der Waals surface area contributed by atoms with Crippen molar-refractivity contribution in [3.05, 3.63) is 65.2 Å². The lowest BCUT2D eigenvalue weighted by atomic mass is 10.1. The summed E-state index contributed by atoms with van der Waals surface area (Å²) in [5.41, 5.74) is 3.94. The van der Waals surface area contributed by atoms with Crippen LogP contribution < -0.4 is 4.90 Å². The average molecular weight is 376 g/mol. The first-order chi connectivity index (χ1) is 13.5. The zero-order chi connectivity index (χ0) is 19.7. The minimum absolute atomic E-state index is 0.0989. The first-order valence-corrected chi connectivity index (χ1v) is 9.47. The second-order valence-electron chi connectivity index (χ2n) is 7.29. The molecule has 1 amide bonds. The summed E-state index contributed by atoms with van der Waals surface area (Å²) in [4.78, 5) is 25.7. The van der Waals surface area contributed by atoms with Gasteiger partial charge in [0, 0.05) is 44.0 Å². The van der Waals surface area contributed by atoms with Crippen molar-refractivity contribution in [1.82, 2.24) is 24.6 Å². The molecule has 1 aliphatic heterocycles. The van der Waals surface area contributed by atoms with Crippen LogP contribution in [0, 0.1) is 20.8 Å². The van der Waals surface area contributed by atoms with Crippen molar-refractivity contribution in [3.8, 4) is 5.82 Å². The van der Waals surface area contributed by atoms with Crippen LogP contribution in [0.2, 0.25) is 0 Å². The Morgan fingerprint density at radius 1 is 0.893 bits per heavy atom. The van der Waals surface area contributed by atoms with Gasteiger partial charge in [-0.05, 0) is 39.0 Å². The first-order valence-electron chi connectivity index (χ1n) is 9.47. The van der Waals surface area contributed by atoms with Gasteiger partial charge in [-0.1, -0.05) is 17.2 Å². The van der Waals surface area contributed by atoms with Crippen LogP contribution >= 0.6 is 0 Å². The van der Waals surface area contributed by atoms with Crippen molar-refractivity contribution in [2.24, 2.45) is 0 Å². The molecule has 1 fully saturated rings. The predicted molar refractivity (Wildman–Crippen MR) is 108 cm³/mol. The largest absolute Gasteiger partial charge is 0.353 e. The van der Waals surface area contributed by atoms with E-state index in [0.717, 1.165) is 47.1 Å². The molecule has 0 N–H and O–H groups in total. The number of anilines is 1. The van der Waals surface area contributed by atoms with Crippen molar-refractivity contribution >= 4 is 11.7 Å². The van der Waals surface area contributed by atoms with E-state index in [4.69, 9.17) is 0 Å². The Balaban J connectivity index is 1.45. The molecule has 1 saturated heterocycles. The van der Waals surface area contributed by atoms with Gasteiger partial charge in [0.15, 0.2) is 5.82 Å². The molecule has 3 heterocycles. The van der Waals surface area contributed by atoms with Gasteiger partial charge in [0.1, 0.15) is 12.1 Å². The summed E-state index contributed by atoms with van der Waals surface area (Å²) < 4.78 is 1.75. The SMILES string of the molecule is Cc1cc(C)cc(C(=O)N2CCN(c3cc(-n4ccc(C)n4)ncn3)CC2)c1. The van der Waals surface area contributed by atoms with Crippen LogP contribution in [0.4, 0.5) is 5.82 Å². The summed E-state index contributed by atoms with van der Waals surface area (Å²) in [6, 6.07) is 9.89. The van der Waals surface area contributed by atoms with Crippen molar-refractivity contribution in [2.45, 2.75) is 20.8 Å². The molecule has 1 aliphatic rings. The molecule has 0 aliphatic carbocycles. The van der Waals surface area contributed by atoms with Gasteiger partial charge in [-0.25, -0.2) is 14.6 Å². The normalized spacial score (nSPS) is 14.4. The van der Waals surface area contributed by atoms with E-state index in [-0.39, 0.29) is 5.91 Å². The fourth-order valence-corrected chi connectivity index (χ4v) is 3.60. The number of benzene rings is 1. The zero-order valence-corrected chi connectivity index (χ0v) is 16.5. The number of amides is 1. The van der Waals surface area contributed by atoms with E-state index in [1.165, 1.54) is 0 Å². The number of carbonyl (C=O) groups excluding carboxylic acids is 1. The minimum Gasteiger partial charge on any atom is -0.353 e. The van der Waals surface area contributed by atoms with E-state index in [1.54, 1.807) is 11.0 Å². The van der Waals surface area contributed by atoms with Crippen molar-refractivity contribution in [3.63, 3.8) is 0 Å². The molecule has 0 bridgehead atoms. The van der Waals surface area contributed by atoms with Crippen LogP contribution in [0.1, 0.15) is 27.2 Å². The number of carbonyl (C=O) groups is 1. The summed E-state index contributed by atoms with van der Waals surface area (Å²) in [7, 11) is 0. The third-order valence-electron chi connectivity index (χ3n) is 4.95. The lowest BCUT2D eigenvalue weighted by Crippen LogP contribution is -2.49. The molecule has 0 spiro atoms. The number of nitrogens with zero attached hydrogens (tertiary/aromatic N) is 6.